The van der Waals surface area contributed by atoms with Gasteiger partial charge in [0.25, 0.3) is 11.8 Å². The maximum Gasteiger partial charge on any atom is 0.524 e. The molecule has 37 heteroatoms. The number of fused-ring (bicyclic) bond motifs is 4. The minimum atomic E-state index is -5.61. The van der Waals surface area contributed by atoms with Crippen molar-refractivity contribution < 1.29 is 114 Å². The topological polar surface area (TPSA) is 343 Å². The Morgan fingerprint density at radius 1 is 0.946 bits per heavy atom. The van der Waals surface area contributed by atoms with Gasteiger partial charge in [0.15, 0.2) is 15.5 Å². The minimum Gasteiger partial charge on any atom is -0.755 e. The van der Waals surface area contributed by atoms with E-state index < -0.39 is 223 Å². The lowest BCUT2D eigenvalue weighted by Crippen LogP contribution is -2.42. The van der Waals surface area contributed by atoms with Crippen molar-refractivity contribution in [3.05, 3.63) is 128 Å². The number of hydrogen-bond donors (Lipinski definition) is 6. The van der Waals surface area contributed by atoms with Crippen LogP contribution in [0.2, 0.25) is 5.02 Å². The van der Waals surface area contributed by atoms with Crippen LogP contribution in [0.1, 0.15) is 120 Å². The van der Waals surface area contributed by atoms with Crippen molar-refractivity contribution >= 4 is 81.1 Å². The first kappa shape index (κ1) is 70.9. The highest BCUT2D eigenvalue weighted by atomic mass is 35.5. The number of carbonyl (C=O) groups excluding carboxylic acids is 3. The number of alkyl halides is 8. The molecule has 23 nitrogen and oxygen atoms in total. The number of rotatable bonds is 22. The number of phosphoric ester groups is 1. The van der Waals surface area contributed by atoms with E-state index in [0.29, 0.717) is 12.1 Å². The summed E-state index contributed by atoms with van der Waals surface area (Å²) in [5, 5.41) is 29.4. The van der Waals surface area contributed by atoms with Gasteiger partial charge < -0.3 is 29.9 Å². The minimum absolute atomic E-state index is 0.0767. The number of aromatic nitrogens is 5. The molecule has 6 aromatic rings. The molecule has 6 N–H and O–H groups in total. The lowest BCUT2D eigenvalue weighted by Gasteiger charge is -2.32. The highest BCUT2D eigenvalue weighted by Gasteiger charge is 2.68. The zero-order chi connectivity index (χ0) is 69.4. The molecule has 5 atom stereocenters. The number of aliphatic carboxylic acids is 2. The summed E-state index contributed by atoms with van der Waals surface area (Å²) in [7, 11) is -9.59. The molecule has 1 unspecified atom stereocenters. The summed E-state index contributed by atoms with van der Waals surface area (Å²) in [4.78, 5) is 89.4. The van der Waals surface area contributed by atoms with Crippen LogP contribution in [-0.4, -0.2) is 119 Å². The summed E-state index contributed by atoms with van der Waals surface area (Å²) in [6.45, 7) is 1.45. The van der Waals surface area contributed by atoms with Crippen molar-refractivity contribution in [1.82, 2.24) is 39.5 Å². The summed E-state index contributed by atoms with van der Waals surface area (Å²) < 4.78 is 217. The molecule has 500 valence electrons. The highest BCUT2D eigenvalue weighted by Crippen LogP contribution is 2.68. The van der Waals surface area contributed by atoms with Crippen molar-refractivity contribution in [3.8, 4) is 28.7 Å². The van der Waals surface area contributed by atoms with Crippen LogP contribution in [0.3, 0.4) is 0 Å². The first-order valence-corrected chi connectivity index (χ1v) is 31.9. The Morgan fingerprint density at radius 3 is 2.15 bits per heavy atom. The highest BCUT2D eigenvalue weighted by molar-refractivity contribution is 7.92. The van der Waals surface area contributed by atoms with E-state index >= 15 is 8.78 Å². The summed E-state index contributed by atoms with van der Waals surface area (Å²) >= 11 is 3.07. The third kappa shape index (κ3) is 15.6. The van der Waals surface area contributed by atoms with Crippen molar-refractivity contribution in [2.45, 2.75) is 126 Å². The van der Waals surface area contributed by atoms with Gasteiger partial charge in [-0.25, -0.2) is 31.5 Å². The van der Waals surface area contributed by atoms with Crippen molar-refractivity contribution in [2.24, 2.45) is 5.92 Å². The number of aryl methyl sites for hydroxylation is 1. The molecule has 0 bridgehead atoms. The Labute approximate surface area is 527 Å². The lowest BCUT2D eigenvalue weighted by atomic mass is 9.78. The number of carboxylic acid groups (broad SMARTS) is 2. The van der Waals surface area contributed by atoms with Crippen LogP contribution < -0.4 is 15.2 Å². The van der Waals surface area contributed by atoms with Gasteiger partial charge in [-0.1, -0.05) is 37.4 Å². The Balaban J connectivity index is 1.26. The number of benzene rings is 3. The van der Waals surface area contributed by atoms with Crippen LogP contribution >= 0.6 is 19.4 Å². The van der Waals surface area contributed by atoms with E-state index in [2.05, 4.69) is 32.3 Å². The molecular formula is C56H51ClF10N8O15PS2-. The number of phosphoric acid groups is 1. The number of pyridine rings is 1. The molecule has 3 amide bonds. The van der Waals surface area contributed by atoms with Crippen molar-refractivity contribution in [1.29, 1.82) is 0 Å². The van der Waals surface area contributed by atoms with Gasteiger partial charge in [-0.3, -0.25) is 46.8 Å². The maximum absolute atomic E-state index is 15.7. The number of amides is 3. The van der Waals surface area contributed by atoms with E-state index in [9.17, 15) is 95.7 Å². The molecule has 1 fully saturated rings. The fraction of sp³-hybridized carbons (Fsp3) is 0.393. The molecule has 8 rings (SSSR count). The molecule has 0 saturated heterocycles. The van der Waals surface area contributed by atoms with Gasteiger partial charge in [0.1, 0.15) is 52.7 Å². The number of halogens is 11. The van der Waals surface area contributed by atoms with E-state index in [1.54, 1.807) is 0 Å². The smallest absolute Gasteiger partial charge is 0.524 e. The maximum atomic E-state index is 15.7. The van der Waals surface area contributed by atoms with Gasteiger partial charge in [0.05, 0.1) is 52.2 Å². The van der Waals surface area contributed by atoms with Gasteiger partial charge in [-0.2, -0.15) is 45.3 Å². The number of hydrogen-bond acceptors (Lipinski definition) is 14. The van der Waals surface area contributed by atoms with E-state index in [1.165, 1.54) is 34.6 Å². The van der Waals surface area contributed by atoms with Gasteiger partial charge in [-0.15, -0.1) is 0 Å². The predicted octanol–water partition coefficient (Wildman–Crippen LogP) is 8.22. The van der Waals surface area contributed by atoms with Crippen LogP contribution in [0.5, 0.6) is 5.75 Å². The molecule has 93 heavy (non-hydrogen) atoms. The van der Waals surface area contributed by atoms with Crippen LogP contribution in [0.4, 0.5) is 43.9 Å². The Bertz CT molecular complexity index is 4340. The summed E-state index contributed by atoms with van der Waals surface area (Å²) in [5.74, 6) is -12.3. The van der Waals surface area contributed by atoms with E-state index in [4.69, 9.17) is 21.2 Å². The Morgan fingerprint density at radius 2 is 1.58 bits per heavy atom. The van der Waals surface area contributed by atoms with E-state index in [0.717, 1.165) is 48.7 Å². The fourth-order valence-corrected chi connectivity index (χ4v) is 12.3. The molecule has 3 aromatic carbocycles. The summed E-state index contributed by atoms with van der Waals surface area (Å²) in [5.41, 5.74) is -9.75. The predicted molar refractivity (Wildman–Crippen MR) is 305 cm³/mol. The lowest BCUT2D eigenvalue weighted by molar-refractivity contribution is -0.145. The summed E-state index contributed by atoms with van der Waals surface area (Å²) in [6, 6.07) is 4.18. The molecule has 3 aromatic heterocycles. The van der Waals surface area contributed by atoms with Gasteiger partial charge in [0.2, 0.25) is 11.8 Å². The number of carbonyl (C=O) groups is 5. The first-order chi connectivity index (χ1) is 42.7. The van der Waals surface area contributed by atoms with Gasteiger partial charge in [-0.05, 0) is 99.0 Å². The average molecular weight is 1400 g/mol. The van der Waals surface area contributed by atoms with Crippen molar-refractivity contribution in [2.75, 3.05) is 6.26 Å². The average Bonchev–Trinajstić information content (AvgIpc) is 1.52. The molecule has 0 aliphatic heterocycles. The zero-order valence-corrected chi connectivity index (χ0v) is 52.1. The summed E-state index contributed by atoms with van der Waals surface area (Å²) in [6.07, 6.45) is -12.8. The second-order valence-electron chi connectivity index (χ2n) is 23.1. The molecule has 3 heterocycles. The standard InChI is InChI=1S/C56H52ClF10N8O15PS2/c1-25-13-27(50(80)70-37(51(81)82)20-42(78)79)17-39(90-91(83,84)85)45(25)52(2,3)21-41(77)75(92(86)87)22-38-44-35(57)10-9-32(47(44)74(71-38)24-54(60,61)62)31-8-7-30(11-12-53(4,5)93(6,88)89)68-46(31)36(16-26-14-28(58)18-29(59)15-26)69-40(76)23-73-49-43(48(72-73)56(65,66)67)33-19-34(33)55(49,63)64/h7-10,13-15,17-18,33-34,36-37H,16,19-24H2,1-6H3,(H,69,76)(H,70,80)(H,78,79)(H,81,82)(H,86,87)(H2,83,84,85)/p-1/t33-,34+,36-,37-/m0/s1. The Hall–Kier alpha value is -8.00. The van der Waals surface area contributed by atoms with Crippen LogP contribution in [0.25, 0.3) is 22.0 Å². The molecular weight excluding hydrogens is 1350 g/mol. The number of carboxylic acids is 2. The molecule has 2 aliphatic carbocycles. The first-order valence-electron chi connectivity index (χ1n) is 27.0. The molecule has 1 saturated carbocycles. The van der Waals surface area contributed by atoms with Crippen LogP contribution in [-0.2, 0) is 88.4 Å². The fourth-order valence-electron chi connectivity index (χ4n) is 10.9. The third-order valence-corrected chi connectivity index (χ3v) is 18.6. The van der Waals surface area contributed by atoms with Crippen molar-refractivity contribution in [3.63, 3.8) is 0 Å². The monoisotopic (exact) mass is 1400 g/mol. The van der Waals surface area contributed by atoms with Crippen LogP contribution in [0, 0.1) is 36.3 Å². The van der Waals surface area contributed by atoms with Gasteiger partial charge >= 0.3 is 32.1 Å². The Kier molecular flexibility index (Phi) is 19.3. The number of sulfone groups is 1. The molecule has 0 radical (unpaired) electrons. The second-order valence-corrected chi connectivity index (χ2v) is 28.1. The third-order valence-electron chi connectivity index (χ3n) is 15.2. The number of nitrogens with one attached hydrogen (secondary N) is 2. The quantitative estimate of drug-likeness (QED) is 0.0161. The normalized spacial score (nSPS) is 16.5. The SMILES string of the molecule is Cc1cc(C(=O)N[C@@H](CC(=O)O)C(=O)O)cc(OP(=O)(O)O)c1C(C)(C)CC(=O)N(Cc1nn(CC(F)(F)F)c2c(-c3ccc(C#CC(C)(C)S(C)(=O)=O)nc3[C@H](Cc3cc(F)cc(F)c3)NC(=O)Cn3nc(C(F)(F)F)c4c3C(F)(F)[C@@H]3C[C@H]43)ccc(Cl)c12)S(=O)[O-]. The second kappa shape index (κ2) is 25.4. The van der Waals surface area contributed by atoms with Gasteiger partial charge in [0, 0.05) is 63.3 Å². The zero-order valence-electron chi connectivity index (χ0n) is 48.8. The van der Waals surface area contributed by atoms with E-state index in [-0.39, 0.29) is 48.0 Å². The number of nitrogens with zero attached hydrogens (tertiary/aromatic N) is 6. The largest absolute Gasteiger partial charge is 0.755 e. The van der Waals surface area contributed by atoms with Crippen LogP contribution in [0.15, 0.2) is 54.6 Å². The van der Waals surface area contributed by atoms with E-state index in [1.807, 2.05) is 5.32 Å². The molecule has 0 spiro atoms. The molecule has 2 aliphatic rings.